The predicted octanol–water partition coefficient (Wildman–Crippen LogP) is 2.36. The third-order valence-corrected chi connectivity index (χ3v) is 3.81. The second-order valence-corrected chi connectivity index (χ2v) is 7.59. The van der Waals surface area contributed by atoms with E-state index < -0.39 is 0 Å². The van der Waals surface area contributed by atoms with Gasteiger partial charge in [0.05, 0.1) is 13.1 Å². The maximum atomic E-state index is 12.2. The first-order valence-electron chi connectivity index (χ1n) is 9.06. The van der Waals surface area contributed by atoms with Crippen LogP contribution in [0, 0.1) is 0 Å². The second kappa shape index (κ2) is 10.2. The van der Waals surface area contributed by atoms with Crippen molar-refractivity contribution in [3.63, 3.8) is 0 Å². The summed E-state index contributed by atoms with van der Waals surface area (Å²) < 4.78 is 0. The molecular weight excluding hydrogens is 314 g/mol. The number of likely N-dealkylation sites (N-methyl/N-ethyl adjacent to an activating group) is 1. The van der Waals surface area contributed by atoms with Crippen molar-refractivity contribution in [2.24, 2.45) is 0 Å². The number of amides is 2. The topological polar surface area (TPSA) is 61.4 Å². The van der Waals surface area contributed by atoms with Crippen LogP contribution in [0.1, 0.15) is 46.6 Å². The van der Waals surface area contributed by atoms with Gasteiger partial charge in [-0.05, 0) is 52.6 Å². The standard InChI is InChI=1S/C20H33N3O2/c1-6-23(15-19(25)22-20(3,4)5)14-18(24)21-16(2)12-13-17-10-8-7-9-11-17/h7-11,16H,6,12-15H2,1-5H3,(H,21,24)(H,22,25)/t16-/m1/s1. The Morgan fingerprint density at radius 2 is 1.68 bits per heavy atom. The minimum absolute atomic E-state index is 0.0361. The molecule has 25 heavy (non-hydrogen) atoms. The van der Waals surface area contributed by atoms with E-state index in [9.17, 15) is 9.59 Å². The van der Waals surface area contributed by atoms with Crippen LogP contribution in [0.15, 0.2) is 30.3 Å². The Balaban J connectivity index is 2.36. The van der Waals surface area contributed by atoms with Gasteiger partial charge in [0.25, 0.3) is 0 Å². The lowest BCUT2D eigenvalue weighted by Crippen LogP contribution is -2.48. The summed E-state index contributed by atoms with van der Waals surface area (Å²) in [6.07, 6.45) is 1.83. The van der Waals surface area contributed by atoms with Crippen molar-refractivity contribution in [1.82, 2.24) is 15.5 Å². The number of hydrogen-bond donors (Lipinski definition) is 2. The summed E-state index contributed by atoms with van der Waals surface area (Å²) in [7, 11) is 0. The van der Waals surface area contributed by atoms with Crippen LogP contribution in [0.4, 0.5) is 0 Å². The average molecular weight is 348 g/mol. The van der Waals surface area contributed by atoms with Crippen LogP contribution < -0.4 is 10.6 Å². The van der Waals surface area contributed by atoms with Gasteiger partial charge in [-0.2, -0.15) is 0 Å². The maximum Gasteiger partial charge on any atom is 0.234 e. The first-order chi connectivity index (χ1) is 11.7. The van der Waals surface area contributed by atoms with Gasteiger partial charge in [0.2, 0.25) is 11.8 Å². The summed E-state index contributed by atoms with van der Waals surface area (Å²) in [5, 5.41) is 5.95. The molecule has 0 fully saturated rings. The van der Waals surface area contributed by atoms with E-state index in [4.69, 9.17) is 0 Å². The lowest BCUT2D eigenvalue weighted by molar-refractivity contribution is -0.126. The summed E-state index contributed by atoms with van der Waals surface area (Å²) >= 11 is 0. The van der Waals surface area contributed by atoms with Gasteiger partial charge < -0.3 is 10.6 Å². The van der Waals surface area contributed by atoms with Crippen molar-refractivity contribution >= 4 is 11.8 Å². The highest BCUT2D eigenvalue weighted by atomic mass is 16.2. The molecule has 0 aliphatic heterocycles. The zero-order valence-electron chi connectivity index (χ0n) is 16.3. The Morgan fingerprint density at radius 1 is 1.08 bits per heavy atom. The van der Waals surface area contributed by atoms with Gasteiger partial charge in [-0.15, -0.1) is 0 Å². The van der Waals surface area contributed by atoms with Crippen molar-refractivity contribution in [1.29, 1.82) is 0 Å². The average Bonchev–Trinajstić information content (AvgIpc) is 2.51. The highest BCUT2D eigenvalue weighted by molar-refractivity contribution is 5.81. The number of hydrogen-bond acceptors (Lipinski definition) is 3. The Labute approximate surface area is 152 Å². The molecule has 5 nitrogen and oxygen atoms in total. The highest BCUT2D eigenvalue weighted by Gasteiger charge is 2.18. The summed E-state index contributed by atoms with van der Waals surface area (Å²) in [4.78, 5) is 26.1. The van der Waals surface area contributed by atoms with Gasteiger partial charge in [0.15, 0.2) is 0 Å². The molecule has 0 radical (unpaired) electrons. The van der Waals surface area contributed by atoms with Gasteiger partial charge in [0, 0.05) is 11.6 Å². The smallest absolute Gasteiger partial charge is 0.234 e. The molecule has 0 aliphatic carbocycles. The molecule has 2 N–H and O–H groups in total. The van der Waals surface area contributed by atoms with E-state index in [-0.39, 0.29) is 36.5 Å². The van der Waals surface area contributed by atoms with E-state index >= 15 is 0 Å². The molecule has 0 aromatic heterocycles. The highest BCUT2D eigenvalue weighted by Crippen LogP contribution is 2.05. The van der Waals surface area contributed by atoms with Crippen LogP contribution in [0.25, 0.3) is 0 Å². The van der Waals surface area contributed by atoms with E-state index in [0.717, 1.165) is 12.8 Å². The van der Waals surface area contributed by atoms with Gasteiger partial charge in [-0.1, -0.05) is 37.3 Å². The predicted molar refractivity (Wildman–Crippen MR) is 102 cm³/mol. The molecule has 0 bridgehead atoms. The minimum atomic E-state index is -0.259. The summed E-state index contributed by atoms with van der Waals surface area (Å²) in [6.45, 7) is 10.9. The molecule has 1 rings (SSSR count). The molecule has 1 aromatic carbocycles. The van der Waals surface area contributed by atoms with Crippen molar-refractivity contribution in [3.05, 3.63) is 35.9 Å². The molecule has 140 valence electrons. The number of aryl methyl sites for hydroxylation is 1. The largest absolute Gasteiger partial charge is 0.353 e. The molecule has 0 saturated heterocycles. The van der Waals surface area contributed by atoms with Crippen LogP contribution in [0.2, 0.25) is 0 Å². The van der Waals surface area contributed by atoms with E-state index in [1.807, 2.05) is 57.7 Å². The Bertz CT molecular complexity index is 538. The zero-order chi connectivity index (χ0) is 18.9. The Hall–Kier alpha value is -1.88. The lowest BCUT2D eigenvalue weighted by Gasteiger charge is -2.25. The Morgan fingerprint density at radius 3 is 2.24 bits per heavy atom. The monoisotopic (exact) mass is 347 g/mol. The fraction of sp³-hybridized carbons (Fsp3) is 0.600. The van der Waals surface area contributed by atoms with Gasteiger partial charge in [-0.25, -0.2) is 0 Å². The first kappa shape index (κ1) is 21.2. The number of nitrogens with one attached hydrogen (secondary N) is 2. The molecule has 1 aromatic rings. The van der Waals surface area contributed by atoms with Crippen molar-refractivity contribution < 1.29 is 9.59 Å². The normalized spacial score (nSPS) is 12.7. The molecule has 0 spiro atoms. The lowest BCUT2D eigenvalue weighted by atomic mass is 10.1. The fourth-order valence-electron chi connectivity index (χ4n) is 2.56. The minimum Gasteiger partial charge on any atom is -0.353 e. The van der Waals surface area contributed by atoms with Crippen LogP contribution in [0.3, 0.4) is 0 Å². The molecule has 1 atom stereocenters. The molecule has 5 heteroatoms. The molecule has 2 amide bonds. The van der Waals surface area contributed by atoms with Crippen LogP contribution >= 0.6 is 0 Å². The molecule has 0 saturated carbocycles. The van der Waals surface area contributed by atoms with E-state index in [1.54, 1.807) is 0 Å². The van der Waals surface area contributed by atoms with Crippen LogP contribution in [-0.4, -0.2) is 47.9 Å². The van der Waals surface area contributed by atoms with Crippen molar-refractivity contribution in [2.45, 2.75) is 59.0 Å². The zero-order valence-corrected chi connectivity index (χ0v) is 16.3. The van der Waals surface area contributed by atoms with E-state index in [0.29, 0.717) is 6.54 Å². The summed E-state index contributed by atoms with van der Waals surface area (Å²) in [5.74, 6) is -0.0924. The molecule has 0 unspecified atom stereocenters. The van der Waals surface area contributed by atoms with Gasteiger partial charge in [0.1, 0.15) is 0 Å². The number of carbonyl (C=O) groups is 2. The SMILES string of the molecule is CCN(CC(=O)N[C@H](C)CCc1ccccc1)CC(=O)NC(C)(C)C. The third-order valence-electron chi connectivity index (χ3n) is 3.81. The number of benzene rings is 1. The fourth-order valence-corrected chi connectivity index (χ4v) is 2.56. The second-order valence-electron chi connectivity index (χ2n) is 7.59. The number of rotatable bonds is 9. The molecular formula is C20H33N3O2. The molecule has 0 aliphatic rings. The first-order valence-corrected chi connectivity index (χ1v) is 9.06. The number of carbonyl (C=O) groups excluding carboxylic acids is 2. The third kappa shape index (κ3) is 9.87. The Kier molecular flexibility index (Phi) is 8.62. The van der Waals surface area contributed by atoms with Gasteiger partial charge >= 0.3 is 0 Å². The quantitative estimate of drug-likeness (QED) is 0.721. The molecule has 0 heterocycles. The van der Waals surface area contributed by atoms with E-state index in [2.05, 4.69) is 22.8 Å². The summed E-state index contributed by atoms with van der Waals surface area (Å²) in [6, 6.07) is 10.4. The number of nitrogens with zero attached hydrogens (tertiary/aromatic N) is 1. The van der Waals surface area contributed by atoms with E-state index in [1.165, 1.54) is 5.56 Å². The van der Waals surface area contributed by atoms with Crippen molar-refractivity contribution in [2.75, 3.05) is 19.6 Å². The van der Waals surface area contributed by atoms with Crippen LogP contribution in [-0.2, 0) is 16.0 Å². The maximum absolute atomic E-state index is 12.2. The van der Waals surface area contributed by atoms with Crippen LogP contribution in [0.5, 0.6) is 0 Å². The van der Waals surface area contributed by atoms with Crippen molar-refractivity contribution in [3.8, 4) is 0 Å². The summed E-state index contributed by atoms with van der Waals surface area (Å²) in [5.41, 5.74) is 1.02. The van der Waals surface area contributed by atoms with Gasteiger partial charge in [-0.3, -0.25) is 14.5 Å².